The van der Waals surface area contributed by atoms with E-state index in [1.807, 2.05) is 12.1 Å². The lowest BCUT2D eigenvalue weighted by Gasteiger charge is -2.16. The molecule has 4 nitrogen and oxygen atoms in total. The minimum atomic E-state index is -0.657. The Labute approximate surface area is 150 Å². The molecule has 1 atom stereocenters. The summed E-state index contributed by atoms with van der Waals surface area (Å²) in [6, 6.07) is 11.0. The van der Waals surface area contributed by atoms with Crippen molar-refractivity contribution >= 4 is 29.1 Å². The molecule has 1 unspecified atom stereocenters. The molecule has 0 heterocycles. The number of nitrogens with one attached hydrogen (secondary N) is 2. The standard InChI is InChI=1S/C19H18ClFN2O2/c1-11(22-19(25)17-15(20)3-2-4-16(17)21)12-7-9-14(10-8-12)23-18(24)13-5-6-13/h2-4,7-11,13H,5-6H2,1H3,(H,22,25)(H,23,24). The van der Waals surface area contributed by atoms with Crippen LogP contribution in [0.4, 0.5) is 10.1 Å². The van der Waals surface area contributed by atoms with Crippen molar-refractivity contribution in [3.63, 3.8) is 0 Å². The van der Waals surface area contributed by atoms with Crippen molar-refractivity contribution in [2.24, 2.45) is 5.92 Å². The molecule has 2 aromatic rings. The summed E-state index contributed by atoms with van der Waals surface area (Å²) >= 11 is 5.91. The highest BCUT2D eigenvalue weighted by Gasteiger charge is 2.29. The van der Waals surface area contributed by atoms with Crippen LogP contribution >= 0.6 is 11.6 Å². The molecule has 0 spiro atoms. The molecule has 0 saturated heterocycles. The van der Waals surface area contributed by atoms with Gasteiger partial charge in [0.25, 0.3) is 5.91 Å². The van der Waals surface area contributed by atoms with Gasteiger partial charge in [-0.3, -0.25) is 9.59 Å². The quantitative estimate of drug-likeness (QED) is 0.834. The van der Waals surface area contributed by atoms with Crippen LogP contribution in [0.5, 0.6) is 0 Å². The maximum Gasteiger partial charge on any atom is 0.256 e. The smallest absolute Gasteiger partial charge is 0.256 e. The van der Waals surface area contributed by atoms with Crippen molar-refractivity contribution in [3.05, 3.63) is 64.4 Å². The fraction of sp³-hybridized carbons (Fsp3) is 0.263. The molecule has 1 fully saturated rings. The number of anilines is 1. The van der Waals surface area contributed by atoms with E-state index in [1.54, 1.807) is 19.1 Å². The van der Waals surface area contributed by atoms with Gasteiger partial charge in [-0.2, -0.15) is 0 Å². The normalized spacial score (nSPS) is 14.7. The summed E-state index contributed by atoms with van der Waals surface area (Å²) in [7, 11) is 0. The van der Waals surface area contributed by atoms with Gasteiger partial charge in [-0.05, 0) is 49.6 Å². The van der Waals surface area contributed by atoms with Gasteiger partial charge < -0.3 is 10.6 Å². The highest BCUT2D eigenvalue weighted by molar-refractivity contribution is 6.33. The molecule has 6 heteroatoms. The number of carbonyl (C=O) groups excluding carboxylic acids is 2. The molecule has 2 aromatic carbocycles. The average Bonchev–Trinajstić information content (AvgIpc) is 3.40. The predicted molar refractivity (Wildman–Crippen MR) is 95.1 cm³/mol. The van der Waals surface area contributed by atoms with E-state index in [-0.39, 0.29) is 28.5 Å². The van der Waals surface area contributed by atoms with Crippen LogP contribution in [0, 0.1) is 11.7 Å². The lowest BCUT2D eigenvalue weighted by atomic mass is 10.1. The van der Waals surface area contributed by atoms with Crippen molar-refractivity contribution < 1.29 is 14.0 Å². The number of amides is 2. The lowest BCUT2D eigenvalue weighted by Crippen LogP contribution is -2.27. The first-order chi connectivity index (χ1) is 12.0. The van der Waals surface area contributed by atoms with Gasteiger partial charge in [0.2, 0.25) is 5.91 Å². The van der Waals surface area contributed by atoms with Crippen LogP contribution in [0.3, 0.4) is 0 Å². The average molecular weight is 361 g/mol. The summed E-state index contributed by atoms with van der Waals surface area (Å²) in [6.07, 6.45) is 1.90. The maximum atomic E-state index is 13.8. The zero-order valence-electron chi connectivity index (χ0n) is 13.7. The van der Waals surface area contributed by atoms with Crippen LogP contribution in [0.15, 0.2) is 42.5 Å². The Morgan fingerprint density at radius 3 is 2.44 bits per heavy atom. The summed E-state index contributed by atoms with van der Waals surface area (Å²) in [5, 5.41) is 5.66. The van der Waals surface area contributed by atoms with Crippen molar-refractivity contribution in [3.8, 4) is 0 Å². The molecule has 25 heavy (non-hydrogen) atoms. The molecule has 2 amide bonds. The first-order valence-electron chi connectivity index (χ1n) is 8.11. The van der Waals surface area contributed by atoms with Crippen molar-refractivity contribution in [1.82, 2.24) is 5.32 Å². The fourth-order valence-electron chi connectivity index (χ4n) is 2.51. The summed E-state index contributed by atoms with van der Waals surface area (Å²) in [6.45, 7) is 1.80. The van der Waals surface area contributed by atoms with Crippen LogP contribution in [-0.4, -0.2) is 11.8 Å². The molecule has 130 valence electrons. The van der Waals surface area contributed by atoms with E-state index in [9.17, 15) is 14.0 Å². The van der Waals surface area contributed by atoms with Crippen LogP contribution in [0.25, 0.3) is 0 Å². The number of rotatable bonds is 5. The van der Waals surface area contributed by atoms with Gasteiger partial charge in [0.1, 0.15) is 5.82 Å². The van der Waals surface area contributed by atoms with Gasteiger partial charge in [0, 0.05) is 11.6 Å². The van der Waals surface area contributed by atoms with Gasteiger partial charge in [-0.1, -0.05) is 29.8 Å². The predicted octanol–water partition coefficient (Wildman–Crippen LogP) is 4.32. The zero-order valence-corrected chi connectivity index (χ0v) is 14.4. The summed E-state index contributed by atoms with van der Waals surface area (Å²) in [4.78, 5) is 24.0. The van der Waals surface area contributed by atoms with E-state index in [4.69, 9.17) is 11.6 Å². The Morgan fingerprint density at radius 1 is 1.16 bits per heavy atom. The molecule has 0 radical (unpaired) electrons. The second-order valence-corrected chi connectivity index (χ2v) is 6.58. The molecule has 1 aliphatic carbocycles. The third-order valence-electron chi connectivity index (χ3n) is 4.16. The van der Waals surface area contributed by atoms with Gasteiger partial charge in [-0.15, -0.1) is 0 Å². The van der Waals surface area contributed by atoms with Crippen LogP contribution in [0.1, 0.15) is 41.7 Å². The maximum absolute atomic E-state index is 13.8. The Balaban J connectivity index is 1.65. The van der Waals surface area contributed by atoms with E-state index in [1.165, 1.54) is 18.2 Å². The molecule has 0 aliphatic heterocycles. The Morgan fingerprint density at radius 2 is 1.84 bits per heavy atom. The minimum absolute atomic E-state index is 0.0447. The second-order valence-electron chi connectivity index (χ2n) is 6.18. The van der Waals surface area contributed by atoms with E-state index in [0.717, 1.165) is 24.1 Å². The van der Waals surface area contributed by atoms with Crippen LogP contribution < -0.4 is 10.6 Å². The number of benzene rings is 2. The Hall–Kier alpha value is -2.40. The Bertz CT molecular complexity index is 783. The monoisotopic (exact) mass is 360 g/mol. The topological polar surface area (TPSA) is 58.2 Å². The highest BCUT2D eigenvalue weighted by atomic mass is 35.5. The molecular weight excluding hydrogens is 343 g/mol. The van der Waals surface area contributed by atoms with Gasteiger partial charge >= 0.3 is 0 Å². The van der Waals surface area contributed by atoms with Crippen molar-refractivity contribution in [1.29, 1.82) is 0 Å². The molecule has 1 saturated carbocycles. The van der Waals surface area contributed by atoms with E-state index >= 15 is 0 Å². The number of hydrogen-bond donors (Lipinski definition) is 2. The van der Waals surface area contributed by atoms with Gasteiger partial charge in [0.15, 0.2) is 0 Å². The molecular formula is C19H18ClFN2O2. The first kappa shape index (κ1) is 17.4. The third kappa shape index (κ3) is 4.17. The third-order valence-corrected chi connectivity index (χ3v) is 4.48. The van der Waals surface area contributed by atoms with Gasteiger partial charge in [0.05, 0.1) is 16.6 Å². The largest absolute Gasteiger partial charge is 0.345 e. The van der Waals surface area contributed by atoms with Crippen molar-refractivity contribution in [2.45, 2.75) is 25.8 Å². The summed E-state index contributed by atoms with van der Waals surface area (Å²) in [5.41, 5.74) is 1.39. The first-order valence-corrected chi connectivity index (χ1v) is 8.49. The SMILES string of the molecule is CC(NC(=O)c1c(F)cccc1Cl)c1ccc(NC(=O)C2CC2)cc1. The summed E-state index contributed by atoms with van der Waals surface area (Å²) in [5.74, 6) is -1.04. The number of hydrogen-bond acceptors (Lipinski definition) is 2. The van der Waals surface area contributed by atoms with E-state index in [2.05, 4.69) is 10.6 Å². The highest BCUT2D eigenvalue weighted by Crippen LogP contribution is 2.30. The fourth-order valence-corrected chi connectivity index (χ4v) is 2.76. The Kier molecular flexibility index (Phi) is 5.04. The molecule has 0 aromatic heterocycles. The molecule has 3 rings (SSSR count). The zero-order chi connectivity index (χ0) is 18.0. The lowest BCUT2D eigenvalue weighted by molar-refractivity contribution is -0.117. The molecule has 1 aliphatic rings. The molecule has 0 bridgehead atoms. The second kappa shape index (κ2) is 7.23. The minimum Gasteiger partial charge on any atom is -0.345 e. The van der Waals surface area contributed by atoms with Crippen LogP contribution in [0.2, 0.25) is 5.02 Å². The number of carbonyl (C=O) groups is 2. The molecule has 2 N–H and O–H groups in total. The van der Waals surface area contributed by atoms with Gasteiger partial charge in [-0.25, -0.2) is 4.39 Å². The van der Waals surface area contributed by atoms with Crippen LogP contribution in [-0.2, 0) is 4.79 Å². The summed E-state index contributed by atoms with van der Waals surface area (Å²) < 4.78 is 13.8. The van der Waals surface area contributed by atoms with E-state index in [0.29, 0.717) is 0 Å². The number of halogens is 2. The van der Waals surface area contributed by atoms with Crippen molar-refractivity contribution in [2.75, 3.05) is 5.32 Å². The van der Waals surface area contributed by atoms with E-state index < -0.39 is 11.7 Å².